The Labute approximate surface area is 106 Å². The maximum atomic E-state index is 12.7. The summed E-state index contributed by atoms with van der Waals surface area (Å²) in [5, 5.41) is 0. The van der Waals surface area contributed by atoms with Crippen molar-refractivity contribution in [1.29, 1.82) is 0 Å². The first-order valence-electron chi connectivity index (χ1n) is 5.10. The van der Waals surface area contributed by atoms with E-state index >= 15 is 0 Å². The SMILES string of the molecule is NNc1ncc(S(=O)(=O)NC2(C(F)(F)F)CC2)cn1. The number of hydrazine groups is 1. The minimum absolute atomic E-state index is 0.0455. The molecule has 0 aliphatic heterocycles. The monoisotopic (exact) mass is 297 g/mol. The Balaban J connectivity index is 2.23. The van der Waals surface area contributed by atoms with E-state index in [0.29, 0.717) is 0 Å². The Kier molecular flexibility index (Phi) is 3.15. The molecule has 4 N–H and O–H groups in total. The third kappa shape index (κ3) is 2.62. The first-order chi connectivity index (χ1) is 8.70. The third-order valence-electron chi connectivity index (χ3n) is 2.69. The van der Waals surface area contributed by atoms with Crippen LogP contribution in [0.2, 0.25) is 0 Å². The highest BCUT2D eigenvalue weighted by atomic mass is 32.2. The molecule has 2 rings (SSSR count). The fourth-order valence-corrected chi connectivity index (χ4v) is 2.75. The molecule has 0 aromatic carbocycles. The van der Waals surface area contributed by atoms with Crippen molar-refractivity contribution in [3.8, 4) is 0 Å². The molecule has 1 aliphatic rings. The molecular weight excluding hydrogens is 287 g/mol. The molecule has 0 amide bonds. The number of nitrogens with two attached hydrogens (primary N) is 1. The fraction of sp³-hybridized carbons (Fsp3) is 0.500. The Morgan fingerprint density at radius 2 is 1.79 bits per heavy atom. The van der Waals surface area contributed by atoms with E-state index in [4.69, 9.17) is 5.84 Å². The lowest BCUT2D eigenvalue weighted by Crippen LogP contribution is -2.47. The average molecular weight is 297 g/mol. The van der Waals surface area contributed by atoms with Gasteiger partial charge in [-0.15, -0.1) is 0 Å². The van der Waals surface area contributed by atoms with Gasteiger partial charge in [0.2, 0.25) is 16.0 Å². The molecule has 0 radical (unpaired) electrons. The molecule has 7 nitrogen and oxygen atoms in total. The van der Waals surface area contributed by atoms with Crippen molar-refractivity contribution in [3.63, 3.8) is 0 Å². The zero-order chi connectivity index (χ0) is 14.3. The van der Waals surface area contributed by atoms with E-state index in [1.807, 2.05) is 0 Å². The van der Waals surface area contributed by atoms with Gasteiger partial charge >= 0.3 is 6.18 Å². The zero-order valence-corrected chi connectivity index (χ0v) is 10.2. The predicted molar refractivity (Wildman–Crippen MR) is 58.2 cm³/mol. The second kappa shape index (κ2) is 4.28. The second-order valence-corrected chi connectivity index (χ2v) is 5.75. The normalized spacial score (nSPS) is 18.1. The first kappa shape index (κ1) is 14.0. The van der Waals surface area contributed by atoms with Gasteiger partial charge in [0.15, 0.2) is 0 Å². The van der Waals surface area contributed by atoms with Crippen LogP contribution < -0.4 is 16.0 Å². The molecule has 19 heavy (non-hydrogen) atoms. The number of hydrogen-bond acceptors (Lipinski definition) is 6. The molecule has 1 aliphatic carbocycles. The van der Waals surface area contributed by atoms with Crippen molar-refractivity contribution in [2.24, 2.45) is 5.84 Å². The number of alkyl halides is 3. The molecule has 1 fully saturated rings. The minimum Gasteiger partial charge on any atom is -0.292 e. The second-order valence-electron chi connectivity index (χ2n) is 4.07. The lowest BCUT2D eigenvalue weighted by atomic mass is 10.3. The number of aromatic nitrogens is 2. The summed E-state index contributed by atoms with van der Waals surface area (Å²) in [6.07, 6.45) is -3.44. The third-order valence-corrected chi connectivity index (χ3v) is 4.18. The van der Waals surface area contributed by atoms with E-state index in [9.17, 15) is 21.6 Å². The molecular formula is C8H10F3N5O2S. The topological polar surface area (TPSA) is 110 Å². The molecule has 11 heteroatoms. The Morgan fingerprint density at radius 1 is 1.26 bits per heavy atom. The van der Waals surface area contributed by atoms with Crippen molar-refractivity contribution in [2.45, 2.75) is 29.5 Å². The van der Waals surface area contributed by atoms with Crippen molar-refractivity contribution in [2.75, 3.05) is 5.43 Å². The highest BCUT2D eigenvalue weighted by Crippen LogP contribution is 2.49. The molecule has 1 aromatic heterocycles. The van der Waals surface area contributed by atoms with Crippen LogP contribution in [0.25, 0.3) is 0 Å². The van der Waals surface area contributed by atoms with Gasteiger partial charge < -0.3 is 0 Å². The predicted octanol–water partition coefficient (Wildman–Crippen LogP) is 0.135. The van der Waals surface area contributed by atoms with E-state index in [1.54, 1.807) is 4.72 Å². The summed E-state index contributed by atoms with van der Waals surface area (Å²) in [5.41, 5.74) is -0.291. The Hall–Kier alpha value is -1.46. The van der Waals surface area contributed by atoms with Crippen molar-refractivity contribution < 1.29 is 21.6 Å². The van der Waals surface area contributed by atoms with Gasteiger partial charge in [0.25, 0.3) is 0 Å². The van der Waals surface area contributed by atoms with Gasteiger partial charge in [0, 0.05) is 0 Å². The number of nitrogen functional groups attached to an aromatic ring is 1. The summed E-state index contributed by atoms with van der Waals surface area (Å²) >= 11 is 0. The number of sulfonamides is 1. The molecule has 1 saturated carbocycles. The highest BCUT2D eigenvalue weighted by Gasteiger charge is 2.65. The van der Waals surface area contributed by atoms with Gasteiger partial charge in [-0.05, 0) is 12.8 Å². The van der Waals surface area contributed by atoms with E-state index in [1.165, 1.54) is 0 Å². The van der Waals surface area contributed by atoms with Crippen LogP contribution in [-0.2, 0) is 10.0 Å². The Bertz CT molecular complexity index is 567. The van der Waals surface area contributed by atoms with Crippen LogP contribution in [0.4, 0.5) is 19.1 Å². The molecule has 106 valence electrons. The van der Waals surface area contributed by atoms with Crippen LogP contribution in [0.1, 0.15) is 12.8 Å². The largest absolute Gasteiger partial charge is 0.407 e. The molecule has 0 bridgehead atoms. The van der Waals surface area contributed by atoms with E-state index in [0.717, 1.165) is 12.4 Å². The molecule has 0 unspecified atom stereocenters. The number of halogens is 3. The quantitative estimate of drug-likeness (QED) is 0.538. The van der Waals surface area contributed by atoms with Gasteiger partial charge in [0.1, 0.15) is 10.4 Å². The van der Waals surface area contributed by atoms with Gasteiger partial charge in [-0.2, -0.15) is 17.9 Å². The summed E-state index contributed by atoms with van der Waals surface area (Å²) < 4.78 is 63.3. The van der Waals surface area contributed by atoms with Crippen LogP contribution in [0.15, 0.2) is 17.3 Å². The maximum Gasteiger partial charge on any atom is 0.407 e. The minimum atomic E-state index is -4.63. The smallest absolute Gasteiger partial charge is 0.292 e. The molecule has 0 atom stereocenters. The summed E-state index contributed by atoms with van der Waals surface area (Å²) in [6.45, 7) is 0. The zero-order valence-electron chi connectivity index (χ0n) is 9.40. The average Bonchev–Trinajstić information content (AvgIpc) is 3.09. The van der Waals surface area contributed by atoms with Gasteiger partial charge in [-0.25, -0.2) is 24.2 Å². The van der Waals surface area contributed by atoms with Gasteiger partial charge in [-0.3, -0.25) is 5.43 Å². The van der Waals surface area contributed by atoms with Crippen LogP contribution >= 0.6 is 0 Å². The van der Waals surface area contributed by atoms with Crippen LogP contribution in [-0.4, -0.2) is 30.1 Å². The van der Waals surface area contributed by atoms with Crippen molar-refractivity contribution >= 4 is 16.0 Å². The standard InChI is InChI=1S/C8H10F3N5O2S/c9-8(10,11)7(1-2-7)16-19(17,18)5-3-13-6(15-12)14-4-5/h3-4,16H,1-2,12H2,(H,13,14,15). The molecule has 1 aromatic rings. The molecule has 0 saturated heterocycles. The summed E-state index contributed by atoms with van der Waals surface area (Å²) in [5.74, 6) is 4.94. The highest BCUT2D eigenvalue weighted by molar-refractivity contribution is 7.89. The summed E-state index contributed by atoms with van der Waals surface area (Å²) in [7, 11) is -4.33. The molecule has 1 heterocycles. The van der Waals surface area contributed by atoms with Crippen LogP contribution in [0.5, 0.6) is 0 Å². The van der Waals surface area contributed by atoms with Crippen molar-refractivity contribution in [1.82, 2.24) is 14.7 Å². The van der Waals surface area contributed by atoms with E-state index in [2.05, 4.69) is 15.4 Å². The number of anilines is 1. The number of nitrogens with one attached hydrogen (secondary N) is 2. The van der Waals surface area contributed by atoms with Gasteiger partial charge in [0.05, 0.1) is 12.4 Å². The van der Waals surface area contributed by atoms with E-state index < -0.39 is 26.6 Å². The maximum absolute atomic E-state index is 12.7. The number of hydrogen-bond donors (Lipinski definition) is 3. The molecule has 0 spiro atoms. The van der Waals surface area contributed by atoms with E-state index in [-0.39, 0.29) is 18.8 Å². The van der Waals surface area contributed by atoms with Gasteiger partial charge in [-0.1, -0.05) is 0 Å². The first-order valence-corrected chi connectivity index (χ1v) is 6.58. The number of rotatable bonds is 4. The summed E-state index contributed by atoms with van der Waals surface area (Å²) in [6, 6.07) is 0. The lowest BCUT2D eigenvalue weighted by molar-refractivity contribution is -0.160. The lowest BCUT2D eigenvalue weighted by Gasteiger charge is -2.20. The number of nitrogens with zero attached hydrogens (tertiary/aromatic N) is 2. The van der Waals surface area contributed by atoms with Crippen molar-refractivity contribution in [3.05, 3.63) is 12.4 Å². The van der Waals surface area contributed by atoms with Crippen LogP contribution in [0.3, 0.4) is 0 Å². The Morgan fingerprint density at radius 3 is 2.16 bits per heavy atom. The van der Waals surface area contributed by atoms with Crippen LogP contribution in [0, 0.1) is 0 Å². The summed E-state index contributed by atoms with van der Waals surface area (Å²) in [4.78, 5) is 6.60. The fourth-order valence-electron chi connectivity index (χ4n) is 1.41.